The molecule has 0 atom stereocenters. The predicted molar refractivity (Wildman–Crippen MR) is 148 cm³/mol. The maximum Gasteiger partial charge on any atom is 0.311 e. The van der Waals surface area contributed by atoms with Crippen molar-refractivity contribution in [3.8, 4) is 23.0 Å². The van der Waals surface area contributed by atoms with E-state index in [0.29, 0.717) is 34.4 Å². The van der Waals surface area contributed by atoms with E-state index in [9.17, 15) is 14.9 Å². The number of oxazole rings is 1. The number of nitrogens with one attached hydrogen (secondary N) is 2. The number of rotatable bonds is 8. The summed E-state index contributed by atoms with van der Waals surface area (Å²) in [5, 5.41) is 16.8. The smallest absolute Gasteiger partial charge is 0.311 e. The molecule has 0 aliphatic heterocycles. The second-order valence-corrected chi connectivity index (χ2v) is 9.01. The number of nitrogens with zero attached hydrogens (tertiary/aromatic N) is 2. The minimum Gasteiger partial charge on any atom is -0.495 e. The number of carbonyl (C=O) groups excluding carboxylic acids is 1. The van der Waals surface area contributed by atoms with E-state index in [1.165, 1.54) is 19.2 Å². The summed E-state index contributed by atoms with van der Waals surface area (Å²) in [6.07, 6.45) is 0. The van der Waals surface area contributed by atoms with Crippen molar-refractivity contribution in [2.24, 2.45) is 0 Å². The Hall–Kier alpha value is -4.51. The van der Waals surface area contributed by atoms with Crippen LogP contribution in [0.2, 0.25) is 0 Å². The first-order chi connectivity index (χ1) is 18.2. The van der Waals surface area contributed by atoms with Gasteiger partial charge in [-0.2, -0.15) is 0 Å². The fourth-order valence-electron chi connectivity index (χ4n) is 3.77. The summed E-state index contributed by atoms with van der Waals surface area (Å²) in [5.41, 5.74) is 3.47. The Bertz CT molecular complexity index is 1530. The van der Waals surface area contributed by atoms with Crippen molar-refractivity contribution in [3.63, 3.8) is 0 Å². The fourth-order valence-corrected chi connectivity index (χ4v) is 3.98. The predicted octanol–water partition coefficient (Wildman–Crippen LogP) is 6.06. The van der Waals surface area contributed by atoms with Gasteiger partial charge < -0.3 is 19.2 Å². The number of thiocarbonyl (C=S) groups is 1. The van der Waals surface area contributed by atoms with Crippen LogP contribution in [0.3, 0.4) is 0 Å². The number of anilines is 1. The van der Waals surface area contributed by atoms with Gasteiger partial charge in [0.05, 0.1) is 24.3 Å². The molecule has 11 heteroatoms. The number of ether oxygens (including phenoxy) is 2. The van der Waals surface area contributed by atoms with Gasteiger partial charge in [-0.15, -0.1) is 0 Å². The van der Waals surface area contributed by atoms with Gasteiger partial charge in [-0.05, 0) is 73.1 Å². The largest absolute Gasteiger partial charge is 0.495 e. The summed E-state index contributed by atoms with van der Waals surface area (Å²) in [6, 6.07) is 15.1. The quantitative estimate of drug-likeness (QED) is 0.157. The number of carbonyl (C=O) groups is 1. The molecule has 10 nitrogen and oxygen atoms in total. The van der Waals surface area contributed by atoms with Gasteiger partial charge in [-0.1, -0.05) is 19.9 Å². The standard InChI is InChI=1S/C27H26N4O6S/c1-5-36-24-11-7-17(14-21(24)31(33)34)25(32)30-27(38)29-19-13-18(8-9-22(19)35-4)26-28-20-12-16(15(2)3)6-10-23(20)37-26/h6-15H,5H2,1-4H3,(H2,29,30,32,38). The molecule has 0 saturated heterocycles. The lowest BCUT2D eigenvalue weighted by molar-refractivity contribution is -0.385. The van der Waals surface area contributed by atoms with Crippen LogP contribution in [-0.4, -0.2) is 34.6 Å². The molecule has 1 aromatic heterocycles. The van der Waals surface area contributed by atoms with E-state index >= 15 is 0 Å². The van der Waals surface area contributed by atoms with Gasteiger partial charge in [-0.3, -0.25) is 20.2 Å². The molecule has 0 saturated carbocycles. The van der Waals surface area contributed by atoms with Crippen LogP contribution in [0.25, 0.3) is 22.6 Å². The van der Waals surface area contributed by atoms with E-state index in [-0.39, 0.29) is 28.7 Å². The Balaban J connectivity index is 1.54. The molecule has 1 heterocycles. The molecule has 2 N–H and O–H groups in total. The maximum atomic E-state index is 12.7. The molecule has 0 aliphatic rings. The number of amides is 1. The molecule has 0 spiro atoms. The Kier molecular flexibility index (Phi) is 7.87. The molecule has 0 bridgehead atoms. The minimum atomic E-state index is -0.622. The second-order valence-electron chi connectivity index (χ2n) is 8.60. The van der Waals surface area contributed by atoms with Crippen LogP contribution >= 0.6 is 12.2 Å². The summed E-state index contributed by atoms with van der Waals surface area (Å²) in [6.45, 7) is 6.19. The molecule has 0 unspecified atom stereocenters. The molecular formula is C27H26N4O6S. The van der Waals surface area contributed by atoms with Crippen LogP contribution in [-0.2, 0) is 0 Å². The Morgan fingerprint density at radius 2 is 1.89 bits per heavy atom. The number of benzene rings is 3. The number of methoxy groups -OCH3 is 1. The third kappa shape index (κ3) is 5.73. The molecular weight excluding hydrogens is 508 g/mol. The molecule has 0 aliphatic carbocycles. The van der Waals surface area contributed by atoms with Gasteiger partial charge in [-0.25, -0.2) is 4.98 Å². The van der Waals surface area contributed by atoms with Crippen LogP contribution in [0, 0.1) is 10.1 Å². The Morgan fingerprint density at radius 3 is 2.58 bits per heavy atom. The first-order valence-corrected chi connectivity index (χ1v) is 12.2. The fraction of sp³-hybridized carbons (Fsp3) is 0.222. The molecule has 4 aromatic rings. The topological polar surface area (TPSA) is 129 Å². The minimum absolute atomic E-state index is 0.0267. The zero-order chi connectivity index (χ0) is 27.4. The number of nitro groups is 1. The van der Waals surface area contributed by atoms with Crippen molar-refractivity contribution in [2.45, 2.75) is 26.7 Å². The first kappa shape index (κ1) is 26.6. The van der Waals surface area contributed by atoms with Crippen LogP contribution < -0.4 is 20.1 Å². The SMILES string of the molecule is CCOc1ccc(C(=O)NC(=S)Nc2cc(-c3nc4cc(C(C)C)ccc4o3)ccc2OC)cc1[N+](=O)[O-]. The molecule has 1 amide bonds. The van der Waals surface area contributed by atoms with Crippen molar-refractivity contribution in [3.05, 3.63) is 75.8 Å². The number of fused-ring (bicyclic) bond motifs is 1. The lowest BCUT2D eigenvalue weighted by Crippen LogP contribution is -2.34. The van der Waals surface area contributed by atoms with Crippen LogP contribution in [0.1, 0.15) is 42.6 Å². The molecule has 3 aromatic carbocycles. The zero-order valence-electron chi connectivity index (χ0n) is 21.2. The van der Waals surface area contributed by atoms with Gasteiger partial charge >= 0.3 is 5.69 Å². The van der Waals surface area contributed by atoms with Gasteiger partial charge in [0.1, 0.15) is 11.3 Å². The van der Waals surface area contributed by atoms with Gasteiger partial charge in [0, 0.05) is 17.2 Å². The highest BCUT2D eigenvalue weighted by Crippen LogP contribution is 2.33. The van der Waals surface area contributed by atoms with Gasteiger partial charge in [0.15, 0.2) is 16.4 Å². The molecule has 196 valence electrons. The number of hydrogen-bond donors (Lipinski definition) is 2. The summed E-state index contributed by atoms with van der Waals surface area (Å²) >= 11 is 5.33. The highest BCUT2D eigenvalue weighted by molar-refractivity contribution is 7.80. The van der Waals surface area contributed by atoms with E-state index < -0.39 is 10.8 Å². The monoisotopic (exact) mass is 534 g/mol. The van der Waals surface area contributed by atoms with E-state index in [1.807, 2.05) is 18.2 Å². The average Bonchev–Trinajstić information content (AvgIpc) is 3.32. The summed E-state index contributed by atoms with van der Waals surface area (Å²) in [7, 11) is 1.51. The van der Waals surface area contributed by atoms with E-state index in [2.05, 4.69) is 29.5 Å². The highest BCUT2D eigenvalue weighted by Gasteiger charge is 2.20. The zero-order valence-corrected chi connectivity index (χ0v) is 22.0. The van der Waals surface area contributed by atoms with Gasteiger partial charge in [0.2, 0.25) is 5.89 Å². The van der Waals surface area contributed by atoms with Crippen LogP contribution in [0.5, 0.6) is 11.5 Å². The molecule has 0 fully saturated rings. The van der Waals surface area contributed by atoms with Crippen molar-refractivity contribution >= 4 is 45.7 Å². The van der Waals surface area contributed by atoms with Gasteiger partial charge in [0.25, 0.3) is 5.91 Å². The van der Waals surface area contributed by atoms with E-state index in [4.69, 9.17) is 26.1 Å². The van der Waals surface area contributed by atoms with E-state index in [1.54, 1.807) is 25.1 Å². The number of nitro benzene ring substituents is 1. The van der Waals surface area contributed by atoms with Crippen LogP contribution in [0.4, 0.5) is 11.4 Å². The number of hydrogen-bond acceptors (Lipinski definition) is 8. The van der Waals surface area contributed by atoms with Crippen molar-refractivity contribution < 1.29 is 23.6 Å². The molecule has 4 rings (SSSR count). The second kappa shape index (κ2) is 11.3. The van der Waals surface area contributed by atoms with E-state index in [0.717, 1.165) is 17.1 Å². The van der Waals surface area contributed by atoms with Crippen molar-refractivity contribution in [1.29, 1.82) is 0 Å². The highest BCUT2D eigenvalue weighted by atomic mass is 32.1. The normalized spacial score (nSPS) is 10.9. The summed E-state index contributed by atoms with van der Waals surface area (Å²) in [5.74, 6) is 0.712. The van der Waals surface area contributed by atoms with Crippen LogP contribution in [0.15, 0.2) is 59.0 Å². The average molecular weight is 535 g/mol. The lowest BCUT2D eigenvalue weighted by Gasteiger charge is -2.14. The van der Waals surface area contributed by atoms with Crippen molar-refractivity contribution in [2.75, 3.05) is 19.0 Å². The molecule has 38 heavy (non-hydrogen) atoms. The van der Waals surface area contributed by atoms with Crippen molar-refractivity contribution in [1.82, 2.24) is 10.3 Å². The Morgan fingerprint density at radius 1 is 1.13 bits per heavy atom. The maximum absolute atomic E-state index is 12.7. The Labute approximate surface area is 224 Å². The summed E-state index contributed by atoms with van der Waals surface area (Å²) < 4.78 is 16.6. The first-order valence-electron chi connectivity index (χ1n) is 11.8. The molecule has 0 radical (unpaired) electrons. The summed E-state index contributed by atoms with van der Waals surface area (Å²) in [4.78, 5) is 28.2. The lowest BCUT2D eigenvalue weighted by atomic mass is 10.0. The third-order valence-electron chi connectivity index (χ3n) is 5.72. The third-order valence-corrected chi connectivity index (χ3v) is 5.92. The number of aromatic nitrogens is 1.